The number of thiazole rings is 1. The van der Waals surface area contributed by atoms with Crippen molar-refractivity contribution in [2.45, 2.75) is 61.0 Å². The monoisotopic (exact) mass is 1860 g/mol. The molecule has 5 heterocycles. The summed E-state index contributed by atoms with van der Waals surface area (Å²) < 4.78 is 109. The number of piperazine rings is 1. The van der Waals surface area contributed by atoms with Crippen LogP contribution >= 0.6 is 11.3 Å². The Bertz CT molecular complexity index is 5630. The summed E-state index contributed by atoms with van der Waals surface area (Å²) in [6, 6.07) is 53.2. The number of Topliss-reactive ketones (excluding diaryl/α,β-unsaturated/α-hetero) is 5. The van der Waals surface area contributed by atoms with Gasteiger partial charge in [0, 0.05) is 160 Å². The van der Waals surface area contributed by atoms with E-state index in [2.05, 4.69) is 50.0 Å². The number of hydrogen-bond donors (Lipinski definition) is 8. The molecule has 3 aromatic heterocycles. The zero-order valence-corrected chi connectivity index (χ0v) is 76.7. The predicted octanol–water partition coefficient (Wildman–Crippen LogP) is 15.2. The van der Waals surface area contributed by atoms with Gasteiger partial charge in [0.25, 0.3) is 18.1 Å². The van der Waals surface area contributed by atoms with Crippen molar-refractivity contribution in [3.8, 4) is 11.4 Å². The number of methoxy groups -OCH3 is 3. The molecule has 0 radical (unpaired) electrons. The van der Waals surface area contributed by atoms with Crippen LogP contribution in [-0.4, -0.2) is 187 Å². The number of nitro groups is 2. The van der Waals surface area contributed by atoms with E-state index in [9.17, 15) is 79.7 Å². The molecule has 0 saturated carbocycles. The number of halogens is 7. The van der Waals surface area contributed by atoms with E-state index in [1.165, 1.54) is 176 Å². The van der Waals surface area contributed by atoms with Gasteiger partial charge >= 0.3 is 35.2 Å². The first-order chi connectivity index (χ1) is 63.1. The molecule has 0 aliphatic carbocycles. The van der Waals surface area contributed by atoms with Gasteiger partial charge in [0.1, 0.15) is 47.4 Å². The van der Waals surface area contributed by atoms with Crippen LogP contribution in [-0.2, 0) is 14.2 Å². The van der Waals surface area contributed by atoms with Crippen molar-refractivity contribution < 1.29 is 130 Å². The molecule has 132 heavy (non-hydrogen) atoms. The Hall–Kier alpha value is -13.3. The number of hydrogen-bond acceptors (Lipinski definition) is 26. The number of rotatable bonds is 18. The predicted molar refractivity (Wildman–Crippen MR) is 489 cm³/mol. The minimum atomic E-state index is -1.00. The third-order valence-electron chi connectivity index (χ3n) is 17.9. The van der Waals surface area contributed by atoms with Crippen LogP contribution in [0.5, 0.6) is 0 Å². The number of alkyl halides is 1. The van der Waals surface area contributed by atoms with Crippen LogP contribution in [0.1, 0.15) is 111 Å². The van der Waals surface area contributed by atoms with Gasteiger partial charge in [-0.2, -0.15) is 4.39 Å². The van der Waals surface area contributed by atoms with Crippen LogP contribution in [0.4, 0.5) is 76.2 Å². The number of ketones is 5. The van der Waals surface area contributed by atoms with Gasteiger partial charge in [0.2, 0.25) is 5.82 Å². The number of amides is 1. The van der Waals surface area contributed by atoms with Crippen molar-refractivity contribution in [1.82, 2.24) is 39.2 Å². The van der Waals surface area contributed by atoms with E-state index in [1.807, 2.05) is 31.5 Å². The second-order valence-corrected chi connectivity index (χ2v) is 27.9. The second-order valence-electron chi connectivity index (χ2n) is 27.0. The second kappa shape index (κ2) is 59.8. The smallest absolute Gasteiger partial charge is 0.553 e. The molecular weight excluding hydrogens is 1760 g/mol. The Morgan fingerprint density at radius 2 is 0.864 bits per heavy atom. The molecule has 31 nitrogen and oxygen atoms in total. The van der Waals surface area contributed by atoms with Gasteiger partial charge in [-0.05, 0) is 249 Å². The van der Waals surface area contributed by atoms with Crippen LogP contribution in [0.3, 0.4) is 0 Å². The van der Waals surface area contributed by atoms with Gasteiger partial charge in [-0.25, -0.2) is 36.9 Å². The van der Waals surface area contributed by atoms with Crippen LogP contribution in [0.25, 0.3) is 39.3 Å². The van der Waals surface area contributed by atoms with Crippen molar-refractivity contribution >= 4 is 114 Å². The van der Waals surface area contributed by atoms with Crippen LogP contribution < -0.4 is 57.0 Å². The number of carbonyl (C=O) groups excluding carboxylic acids is 6. The average molecular weight is 1860 g/mol. The number of aliphatic hydroxyl groups excluding tert-OH is 2. The van der Waals surface area contributed by atoms with E-state index in [0.717, 1.165) is 90.5 Å². The van der Waals surface area contributed by atoms with Gasteiger partial charge in [0.15, 0.2) is 33.9 Å². The maximum absolute atomic E-state index is 12.9. The van der Waals surface area contributed by atoms with E-state index in [0.29, 0.717) is 50.5 Å². The molecule has 696 valence electrons. The topological polar surface area (TPSA) is 444 Å². The Balaban J connectivity index is 0.000000390. The van der Waals surface area contributed by atoms with Crippen LogP contribution in [0.15, 0.2) is 237 Å². The van der Waals surface area contributed by atoms with Crippen molar-refractivity contribution in [2.75, 3.05) is 103 Å². The third-order valence-corrected chi connectivity index (χ3v) is 18.7. The number of nitrogen functional groups attached to an aromatic ring is 2. The van der Waals surface area contributed by atoms with Crippen molar-refractivity contribution in [2.24, 2.45) is 0 Å². The summed E-state index contributed by atoms with van der Waals surface area (Å²) in [7, 11) is 3.53. The zero-order chi connectivity index (χ0) is 98.1. The fourth-order valence-corrected chi connectivity index (χ4v) is 11.9. The first kappa shape index (κ1) is 111. The number of carbonyl (C=O) groups is 6. The van der Waals surface area contributed by atoms with E-state index >= 15 is 0 Å². The molecule has 2 saturated heterocycles. The third kappa shape index (κ3) is 37.3. The van der Waals surface area contributed by atoms with E-state index in [1.54, 1.807) is 112 Å². The average Bonchev–Trinajstić information content (AvgIpc) is 1.65. The number of aliphatic hydroxyl groups is 2. The number of anilines is 6. The molecule has 2 aliphatic heterocycles. The number of aromatic nitrogens is 5. The van der Waals surface area contributed by atoms with Crippen LogP contribution in [0, 0.1) is 55.1 Å². The van der Waals surface area contributed by atoms with Crippen molar-refractivity contribution in [1.29, 1.82) is 0 Å². The summed E-state index contributed by atoms with van der Waals surface area (Å²) in [5.74, 6) is 1.84. The van der Waals surface area contributed by atoms with E-state index < -0.39 is 40.8 Å². The number of nitrogens with one attached hydrogen (secondary N) is 4. The van der Waals surface area contributed by atoms with Gasteiger partial charge in [-0.1, -0.05) is 0 Å². The molecule has 2 aliphatic rings. The fourth-order valence-electron chi connectivity index (χ4n) is 11.3. The van der Waals surface area contributed by atoms with Crippen LogP contribution in [0.2, 0.25) is 0 Å². The first-order valence-corrected chi connectivity index (χ1v) is 40.2. The first-order valence-electron chi connectivity index (χ1n) is 40.0. The SMILES string of the molecule is CC(=O)c1ccc(F)c([N+](=O)[O-])c1.CC(=O)c1ccc(Nc2ccc(F)cc2)c(N)c1.CC(=O)c1ccc(Nc2ccc(F)cc2)c([N+](=O)[O-])c1.CC(=O)c1ccc2c(c1)ncn2-c1ccc(F)cc1.CC(=O)c1ccc2c(c1)ncn2-c1ccc(F)cc1.CCO.CCO.COC(OC)OC.Nc1ccc(F)cc1.O=C(c1nccs1)N1CCN(C2CNC2)CC1.[2H]CF.[NH-]O.[Na+]. The van der Waals surface area contributed by atoms with E-state index in [-0.39, 0.29) is 123 Å². The number of ether oxygens (including phenoxy) is 3. The molecule has 10 aromatic carbocycles. The molecular formula is C92H101F7N15NaO16S. The summed E-state index contributed by atoms with van der Waals surface area (Å²) in [6.45, 7) is 16.3. The molecule has 2 fully saturated rings. The molecule has 0 unspecified atom stereocenters. The normalized spacial score (nSPS) is 11.4. The number of nitrogens with two attached hydrogens (primary N) is 2. The number of benzene rings is 10. The fraction of sp³-hybridized carbons (Fsp3) is 0.228. The zero-order valence-electron chi connectivity index (χ0n) is 74.9. The number of nitro benzene ring substituents is 2. The summed E-state index contributed by atoms with van der Waals surface area (Å²) in [5, 5.41) is 54.3. The van der Waals surface area contributed by atoms with Crippen molar-refractivity contribution in [3.05, 3.63) is 330 Å². The summed E-state index contributed by atoms with van der Waals surface area (Å²) in [5.41, 5.74) is 20.6. The van der Waals surface area contributed by atoms with E-state index in [4.69, 9.17) is 34.2 Å². The van der Waals surface area contributed by atoms with Gasteiger partial charge < -0.3 is 67.8 Å². The Morgan fingerprint density at radius 3 is 1.20 bits per heavy atom. The largest absolute Gasteiger partial charge is 1.00 e. The molecule has 1 amide bonds. The Morgan fingerprint density at radius 1 is 0.523 bits per heavy atom. The number of imidazole rings is 2. The maximum Gasteiger partial charge on any atom is 1.00 e. The molecule has 0 spiro atoms. The number of fused-ring (bicyclic) bond motifs is 2. The molecule has 40 heteroatoms. The number of nitrogens with zero attached hydrogens (tertiary/aromatic N) is 9. The molecule has 11 N–H and O–H groups in total. The molecule has 13 aromatic rings. The standard InChI is InChI=1S/2C15H11FN2O.C14H11FN2O3.C14H13FN2O.C11H16N4OS.C8H6FNO3.C6H6FN.C4H10O3.2C2H6O.CH3F.H2NO.Na/c2*1-10(19)11-2-7-15-14(8-11)17-9-18(15)13-5-3-12(16)4-6-13;1-9(18)10-2-7-13(14(8-10)17(19)20)16-12-5-3-11(15)4-6-12;1-9(18)10-2-7-14(13(16)8-10)17-12-5-3-11(15)4-6-12;16-11(10-13-1-6-17-10)15-4-2-14(3-5-15)9-7-12-8-9;1-5(11)6-2-3-7(9)8(4-6)10(12)13;7-5-1-3-6(8)4-2-5;1-5-4(6-2)7-3;2*1-2-3;2*1-2;/h2*2-9H,1H3;2-8,16H,1H3;2-8,17H,16H2,1H3;1,6,9,12H,2-5,7-8H2;2-4H,1H3;1-4H,8H2;4H,1-3H3;2*3H,2H2,1H3;1H3;1-2H;/q;;;;;;;;;;;-1;+1/i;;;;;;;;;;1D;;. The molecule has 15 rings (SSSR count). The molecule has 0 atom stereocenters. The molecule has 0 bridgehead atoms. The minimum absolute atomic E-state index is 0. The quantitative estimate of drug-likeness (QED) is 0.00752. The summed E-state index contributed by atoms with van der Waals surface area (Å²) in [6.07, 6.45) is 5.03. The van der Waals surface area contributed by atoms with Gasteiger partial charge in [0.05, 0.1) is 51.8 Å². The minimum Gasteiger partial charge on any atom is -0.553 e. The van der Waals surface area contributed by atoms with Crippen molar-refractivity contribution in [3.63, 3.8) is 0 Å². The summed E-state index contributed by atoms with van der Waals surface area (Å²) >= 11 is 1.42. The Labute approximate surface area is 784 Å². The van der Waals surface area contributed by atoms with Gasteiger partial charge in [-0.15, -0.1) is 11.3 Å². The summed E-state index contributed by atoms with van der Waals surface area (Å²) in [4.78, 5) is 105. The van der Waals surface area contributed by atoms with Gasteiger partial charge in [-0.3, -0.25) is 67.4 Å². The Kier molecular flexibility index (Phi) is 50.4. The maximum atomic E-state index is 12.9.